The Morgan fingerprint density at radius 1 is 1.44 bits per heavy atom. The number of nitrogens with two attached hydrogens (primary N) is 1. The fourth-order valence-corrected chi connectivity index (χ4v) is 1.96. The molecule has 2 atom stereocenters. The molecule has 1 saturated carbocycles. The molecule has 0 aromatic carbocycles. The van der Waals surface area contributed by atoms with Gasteiger partial charge in [0.05, 0.1) is 0 Å². The van der Waals surface area contributed by atoms with Gasteiger partial charge in [0.2, 0.25) is 0 Å². The summed E-state index contributed by atoms with van der Waals surface area (Å²) < 4.78 is 35.6. The van der Waals surface area contributed by atoms with E-state index in [2.05, 4.69) is 10.5 Å². The highest BCUT2D eigenvalue weighted by atomic mass is 19.4. The molecule has 18 heavy (non-hydrogen) atoms. The van der Waals surface area contributed by atoms with Crippen molar-refractivity contribution in [1.82, 2.24) is 10.6 Å². The lowest BCUT2D eigenvalue weighted by Gasteiger charge is -2.20. The number of amides is 2. The number of amidine groups is 1. The van der Waals surface area contributed by atoms with Crippen molar-refractivity contribution in [2.75, 3.05) is 6.54 Å². The van der Waals surface area contributed by atoms with Crippen LogP contribution in [-0.4, -0.2) is 35.8 Å². The Kier molecular flexibility index (Phi) is 4.62. The van der Waals surface area contributed by atoms with Crippen LogP contribution in [0.5, 0.6) is 0 Å². The maximum atomic E-state index is 11.9. The Balaban J connectivity index is 2.44. The third-order valence-corrected chi connectivity index (χ3v) is 2.78. The van der Waals surface area contributed by atoms with Gasteiger partial charge >= 0.3 is 12.2 Å². The number of hydrogen-bond acceptors (Lipinski definition) is 3. The van der Waals surface area contributed by atoms with Crippen LogP contribution in [0.3, 0.4) is 0 Å². The second-order valence-electron chi connectivity index (χ2n) is 4.11. The van der Waals surface area contributed by atoms with Crippen molar-refractivity contribution in [2.24, 2.45) is 16.8 Å². The summed E-state index contributed by atoms with van der Waals surface area (Å²) >= 11 is 0. The van der Waals surface area contributed by atoms with Crippen molar-refractivity contribution in [1.29, 1.82) is 0 Å². The quantitative estimate of drug-likeness (QED) is 0.263. The summed E-state index contributed by atoms with van der Waals surface area (Å²) in [6, 6.07) is -1.32. The van der Waals surface area contributed by atoms with Gasteiger partial charge in [0.25, 0.3) is 0 Å². The van der Waals surface area contributed by atoms with E-state index in [1.807, 2.05) is 0 Å². The molecule has 0 aliphatic heterocycles. The number of halogens is 3. The first-order valence-electron chi connectivity index (χ1n) is 5.42. The molecule has 1 aliphatic carbocycles. The molecule has 0 spiro atoms. The van der Waals surface area contributed by atoms with Gasteiger partial charge in [-0.1, -0.05) is 11.6 Å². The summed E-state index contributed by atoms with van der Waals surface area (Å²) in [5.74, 6) is -0.361. The molecule has 0 aromatic rings. The average molecular weight is 268 g/mol. The maximum Gasteiger partial charge on any atom is 0.405 e. The van der Waals surface area contributed by atoms with Crippen LogP contribution in [0, 0.1) is 5.92 Å². The molecule has 6 nitrogen and oxygen atoms in total. The van der Waals surface area contributed by atoms with Crippen LogP contribution in [0.15, 0.2) is 5.16 Å². The van der Waals surface area contributed by atoms with E-state index in [1.165, 1.54) is 0 Å². The SMILES string of the molecule is NC(=NO)C1CCCC1NC(=O)NCC(F)(F)F. The topological polar surface area (TPSA) is 99.7 Å². The molecule has 104 valence electrons. The summed E-state index contributed by atoms with van der Waals surface area (Å²) in [5.41, 5.74) is 5.44. The Morgan fingerprint density at radius 2 is 2.11 bits per heavy atom. The molecule has 9 heteroatoms. The van der Waals surface area contributed by atoms with E-state index < -0.39 is 24.8 Å². The Morgan fingerprint density at radius 3 is 2.67 bits per heavy atom. The molecule has 1 rings (SSSR count). The molecule has 0 radical (unpaired) electrons. The normalized spacial score (nSPS) is 24.9. The monoisotopic (exact) mass is 268 g/mol. The minimum absolute atomic E-state index is 0.0198. The van der Waals surface area contributed by atoms with Crippen LogP contribution in [-0.2, 0) is 0 Å². The van der Waals surface area contributed by atoms with Gasteiger partial charge in [0.1, 0.15) is 12.4 Å². The summed E-state index contributed by atoms with van der Waals surface area (Å²) in [4.78, 5) is 11.2. The average Bonchev–Trinajstić information content (AvgIpc) is 2.72. The molecule has 2 amide bonds. The lowest BCUT2D eigenvalue weighted by atomic mass is 10.0. The van der Waals surface area contributed by atoms with Crippen molar-refractivity contribution in [3.8, 4) is 0 Å². The highest BCUT2D eigenvalue weighted by molar-refractivity contribution is 5.84. The van der Waals surface area contributed by atoms with Gasteiger partial charge in [-0.2, -0.15) is 13.2 Å². The molecular formula is C9H15F3N4O2. The number of alkyl halides is 3. The van der Waals surface area contributed by atoms with Crippen molar-refractivity contribution in [2.45, 2.75) is 31.5 Å². The summed E-state index contributed by atoms with van der Waals surface area (Å²) in [7, 11) is 0. The van der Waals surface area contributed by atoms with Crippen molar-refractivity contribution in [3.63, 3.8) is 0 Å². The number of carbonyl (C=O) groups excluding carboxylic acids is 1. The Labute approximate surface area is 101 Å². The minimum Gasteiger partial charge on any atom is -0.409 e. The molecular weight excluding hydrogens is 253 g/mol. The first-order valence-corrected chi connectivity index (χ1v) is 5.42. The largest absolute Gasteiger partial charge is 0.409 e. The second-order valence-corrected chi connectivity index (χ2v) is 4.11. The fourth-order valence-electron chi connectivity index (χ4n) is 1.96. The molecule has 0 bridgehead atoms. The third kappa shape index (κ3) is 4.30. The highest BCUT2D eigenvalue weighted by Crippen LogP contribution is 2.25. The van der Waals surface area contributed by atoms with E-state index in [9.17, 15) is 18.0 Å². The minimum atomic E-state index is -4.45. The first-order chi connectivity index (χ1) is 8.33. The van der Waals surface area contributed by atoms with Crippen LogP contribution in [0.4, 0.5) is 18.0 Å². The molecule has 5 N–H and O–H groups in total. The lowest BCUT2D eigenvalue weighted by molar-refractivity contribution is -0.122. The van der Waals surface area contributed by atoms with Crippen molar-refractivity contribution in [3.05, 3.63) is 0 Å². The predicted octanol–water partition coefficient (Wildman–Crippen LogP) is 0.763. The Bertz CT molecular complexity index is 332. The van der Waals surface area contributed by atoms with Gasteiger partial charge < -0.3 is 21.6 Å². The van der Waals surface area contributed by atoms with Gasteiger partial charge in [-0.3, -0.25) is 0 Å². The van der Waals surface area contributed by atoms with Crippen LogP contribution in [0.25, 0.3) is 0 Å². The Hall–Kier alpha value is -1.67. The van der Waals surface area contributed by atoms with Gasteiger partial charge in [0, 0.05) is 12.0 Å². The summed E-state index contributed by atoms with van der Waals surface area (Å²) in [5, 5.41) is 15.5. The lowest BCUT2D eigenvalue weighted by Crippen LogP contribution is -2.48. The molecule has 0 heterocycles. The zero-order valence-corrected chi connectivity index (χ0v) is 9.50. The van der Waals surface area contributed by atoms with E-state index in [1.54, 1.807) is 5.32 Å². The van der Waals surface area contributed by atoms with Crippen LogP contribution < -0.4 is 16.4 Å². The van der Waals surface area contributed by atoms with E-state index in [0.717, 1.165) is 6.42 Å². The van der Waals surface area contributed by atoms with Crippen LogP contribution >= 0.6 is 0 Å². The smallest absolute Gasteiger partial charge is 0.405 e. The number of urea groups is 1. The zero-order chi connectivity index (χ0) is 13.8. The van der Waals surface area contributed by atoms with Crippen molar-refractivity contribution >= 4 is 11.9 Å². The van der Waals surface area contributed by atoms with Crippen LogP contribution in [0.2, 0.25) is 0 Å². The highest BCUT2D eigenvalue weighted by Gasteiger charge is 2.33. The fraction of sp³-hybridized carbons (Fsp3) is 0.778. The summed E-state index contributed by atoms with van der Waals surface area (Å²) in [6.07, 6.45) is -2.48. The second kappa shape index (κ2) is 5.78. The number of oxime groups is 1. The standard InChI is InChI=1S/C9H15F3N4O2/c10-9(11,12)4-14-8(17)15-6-3-1-2-5(6)7(13)16-18/h5-6,18H,1-4H2,(H2,13,16)(H2,14,15,17). The van der Waals surface area contributed by atoms with Gasteiger partial charge in [0.15, 0.2) is 0 Å². The summed E-state index contributed by atoms with van der Waals surface area (Å²) in [6.45, 7) is -1.39. The van der Waals surface area contributed by atoms with E-state index in [0.29, 0.717) is 12.8 Å². The zero-order valence-electron chi connectivity index (χ0n) is 9.50. The third-order valence-electron chi connectivity index (χ3n) is 2.78. The van der Waals surface area contributed by atoms with E-state index in [-0.39, 0.29) is 11.8 Å². The number of nitrogens with one attached hydrogen (secondary N) is 2. The number of carbonyl (C=O) groups is 1. The molecule has 0 aromatic heterocycles. The number of nitrogens with zero attached hydrogens (tertiary/aromatic N) is 1. The number of rotatable bonds is 3. The number of hydrogen-bond donors (Lipinski definition) is 4. The van der Waals surface area contributed by atoms with E-state index in [4.69, 9.17) is 10.9 Å². The molecule has 1 aliphatic rings. The van der Waals surface area contributed by atoms with Crippen molar-refractivity contribution < 1.29 is 23.2 Å². The molecule has 1 fully saturated rings. The molecule has 0 saturated heterocycles. The van der Waals surface area contributed by atoms with Gasteiger partial charge in [-0.25, -0.2) is 4.79 Å². The first kappa shape index (κ1) is 14.4. The maximum absolute atomic E-state index is 11.9. The van der Waals surface area contributed by atoms with Gasteiger partial charge in [-0.15, -0.1) is 0 Å². The van der Waals surface area contributed by atoms with Crippen LogP contribution in [0.1, 0.15) is 19.3 Å². The predicted molar refractivity (Wildman–Crippen MR) is 57.1 cm³/mol. The molecule has 2 unspecified atom stereocenters. The van der Waals surface area contributed by atoms with E-state index >= 15 is 0 Å². The van der Waals surface area contributed by atoms with Gasteiger partial charge in [-0.05, 0) is 12.8 Å².